The number of rotatable bonds is 3. The van der Waals surface area contributed by atoms with Crippen LogP contribution in [0.2, 0.25) is 5.02 Å². The van der Waals surface area contributed by atoms with Gasteiger partial charge in [0.1, 0.15) is 11.6 Å². The zero-order chi connectivity index (χ0) is 15.4. The van der Waals surface area contributed by atoms with Crippen molar-refractivity contribution in [2.45, 2.75) is 6.92 Å². The summed E-state index contributed by atoms with van der Waals surface area (Å²) in [5.41, 5.74) is 2.08. The molecule has 0 fully saturated rings. The minimum absolute atomic E-state index is 0.0149. The zero-order valence-corrected chi connectivity index (χ0v) is 12.3. The van der Waals surface area contributed by atoms with Gasteiger partial charge in [-0.05, 0) is 37.3 Å². The van der Waals surface area contributed by atoms with Gasteiger partial charge in [0.05, 0.1) is 5.69 Å². The minimum Gasteiger partial charge on any atom is -0.321 e. The number of nitrogens with one attached hydrogen (secondary N) is 1. The summed E-state index contributed by atoms with van der Waals surface area (Å²) < 4.78 is 1.63. The molecule has 1 heterocycles. The summed E-state index contributed by atoms with van der Waals surface area (Å²) in [6.45, 7) is 1.82. The normalized spacial score (nSPS) is 11.0. The molecule has 0 aliphatic heterocycles. The summed E-state index contributed by atoms with van der Waals surface area (Å²) in [7, 11) is 1.78. The van der Waals surface area contributed by atoms with Crippen molar-refractivity contribution in [2.24, 2.45) is 7.05 Å². The van der Waals surface area contributed by atoms with Gasteiger partial charge < -0.3 is 5.32 Å². The second-order valence-electron chi connectivity index (χ2n) is 4.47. The van der Waals surface area contributed by atoms with E-state index in [0.29, 0.717) is 10.7 Å². The van der Waals surface area contributed by atoms with Crippen LogP contribution < -0.4 is 5.32 Å². The maximum atomic E-state index is 12.1. The maximum Gasteiger partial charge on any atom is 0.266 e. The Morgan fingerprint density at radius 3 is 2.62 bits per heavy atom. The molecule has 1 amide bonds. The Kier molecular flexibility index (Phi) is 4.41. The van der Waals surface area contributed by atoms with Gasteiger partial charge in [-0.1, -0.05) is 11.6 Å². The van der Waals surface area contributed by atoms with Crippen LogP contribution in [0.25, 0.3) is 6.08 Å². The van der Waals surface area contributed by atoms with E-state index in [-0.39, 0.29) is 5.57 Å². The molecule has 5 nitrogen and oxygen atoms in total. The third-order valence-electron chi connectivity index (χ3n) is 2.82. The van der Waals surface area contributed by atoms with Crippen molar-refractivity contribution >= 4 is 29.3 Å². The van der Waals surface area contributed by atoms with Crippen molar-refractivity contribution in [2.75, 3.05) is 5.32 Å². The summed E-state index contributed by atoms with van der Waals surface area (Å²) in [6.07, 6.45) is 3.27. The first kappa shape index (κ1) is 14.8. The molecule has 0 radical (unpaired) electrons. The molecular weight excluding hydrogens is 288 g/mol. The Balaban J connectivity index is 2.21. The van der Waals surface area contributed by atoms with Gasteiger partial charge in [0, 0.05) is 29.5 Å². The molecule has 0 aliphatic rings. The Morgan fingerprint density at radius 1 is 1.43 bits per heavy atom. The van der Waals surface area contributed by atoms with Crippen LogP contribution in [0.1, 0.15) is 11.3 Å². The fourth-order valence-electron chi connectivity index (χ4n) is 1.80. The van der Waals surface area contributed by atoms with Crippen LogP contribution >= 0.6 is 11.6 Å². The topological polar surface area (TPSA) is 70.7 Å². The van der Waals surface area contributed by atoms with Gasteiger partial charge in [0.2, 0.25) is 0 Å². The first-order valence-corrected chi connectivity index (χ1v) is 6.56. The van der Waals surface area contributed by atoms with E-state index in [1.54, 1.807) is 42.2 Å². The maximum absolute atomic E-state index is 12.1. The average Bonchev–Trinajstić information content (AvgIpc) is 2.76. The fourth-order valence-corrected chi connectivity index (χ4v) is 1.92. The molecule has 2 rings (SSSR count). The minimum atomic E-state index is -0.469. The van der Waals surface area contributed by atoms with Crippen LogP contribution in [-0.4, -0.2) is 15.7 Å². The standard InChI is InChI=1S/C15H13ClN4O/c1-10-12(9-20(2)19-10)7-11(8-17)15(21)18-14-5-3-13(16)4-6-14/h3-7,9H,1-2H3,(H,18,21). The Labute approximate surface area is 127 Å². The Morgan fingerprint density at radius 2 is 2.10 bits per heavy atom. The van der Waals surface area contributed by atoms with Gasteiger partial charge in [-0.3, -0.25) is 9.48 Å². The molecule has 2 aromatic rings. The number of carbonyl (C=O) groups excluding carboxylic acids is 1. The lowest BCUT2D eigenvalue weighted by Gasteiger charge is -2.04. The molecule has 0 spiro atoms. The van der Waals surface area contributed by atoms with Crippen LogP contribution in [0.5, 0.6) is 0 Å². The summed E-state index contributed by atoms with van der Waals surface area (Å²) in [5, 5.41) is 16.5. The monoisotopic (exact) mass is 300 g/mol. The Hall–Kier alpha value is -2.58. The highest BCUT2D eigenvalue weighted by atomic mass is 35.5. The predicted molar refractivity (Wildman–Crippen MR) is 81.6 cm³/mol. The van der Waals surface area contributed by atoms with E-state index in [2.05, 4.69) is 10.4 Å². The van der Waals surface area contributed by atoms with E-state index in [0.717, 1.165) is 11.3 Å². The quantitative estimate of drug-likeness (QED) is 0.700. The molecule has 21 heavy (non-hydrogen) atoms. The molecule has 6 heteroatoms. The zero-order valence-electron chi connectivity index (χ0n) is 11.6. The molecular formula is C15H13ClN4O. The van der Waals surface area contributed by atoms with Crippen molar-refractivity contribution in [3.63, 3.8) is 0 Å². The number of anilines is 1. The highest BCUT2D eigenvalue weighted by Gasteiger charge is 2.11. The molecule has 0 atom stereocenters. The molecule has 1 N–H and O–H groups in total. The molecule has 1 aromatic heterocycles. The van der Waals surface area contributed by atoms with Crippen molar-refractivity contribution in [1.82, 2.24) is 9.78 Å². The van der Waals surface area contributed by atoms with Gasteiger partial charge in [-0.25, -0.2) is 0 Å². The summed E-state index contributed by atoms with van der Waals surface area (Å²) in [6, 6.07) is 8.58. The van der Waals surface area contributed by atoms with Gasteiger partial charge in [0.25, 0.3) is 5.91 Å². The summed E-state index contributed by atoms with van der Waals surface area (Å²) in [4.78, 5) is 12.1. The van der Waals surface area contributed by atoms with Crippen LogP contribution in [0.4, 0.5) is 5.69 Å². The molecule has 0 saturated heterocycles. The molecule has 0 bridgehead atoms. The molecule has 1 aromatic carbocycles. The number of aromatic nitrogens is 2. The second kappa shape index (κ2) is 6.25. The van der Waals surface area contributed by atoms with E-state index >= 15 is 0 Å². The lowest BCUT2D eigenvalue weighted by molar-refractivity contribution is -0.112. The van der Waals surface area contributed by atoms with E-state index in [9.17, 15) is 4.79 Å². The largest absolute Gasteiger partial charge is 0.321 e. The summed E-state index contributed by atoms with van der Waals surface area (Å²) >= 11 is 5.78. The van der Waals surface area contributed by atoms with Crippen LogP contribution in [0.3, 0.4) is 0 Å². The first-order chi connectivity index (χ1) is 9.99. The van der Waals surface area contributed by atoms with Crippen molar-refractivity contribution in [1.29, 1.82) is 5.26 Å². The van der Waals surface area contributed by atoms with E-state index in [1.807, 2.05) is 13.0 Å². The summed E-state index contributed by atoms with van der Waals surface area (Å²) in [5.74, 6) is -0.469. The smallest absolute Gasteiger partial charge is 0.266 e. The van der Waals surface area contributed by atoms with Crippen molar-refractivity contribution < 1.29 is 4.79 Å². The van der Waals surface area contributed by atoms with Gasteiger partial charge in [-0.2, -0.15) is 10.4 Å². The third kappa shape index (κ3) is 3.71. The van der Waals surface area contributed by atoms with Crippen LogP contribution in [-0.2, 0) is 11.8 Å². The predicted octanol–water partition coefficient (Wildman–Crippen LogP) is 2.93. The highest BCUT2D eigenvalue weighted by molar-refractivity contribution is 6.30. The number of hydrogen-bond acceptors (Lipinski definition) is 3. The molecule has 0 saturated carbocycles. The molecule has 0 unspecified atom stereocenters. The number of amides is 1. The fraction of sp³-hybridized carbons (Fsp3) is 0.133. The van der Waals surface area contributed by atoms with Gasteiger partial charge >= 0.3 is 0 Å². The van der Waals surface area contributed by atoms with Crippen molar-refractivity contribution in [3.05, 3.63) is 52.3 Å². The average molecular weight is 301 g/mol. The van der Waals surface area contributed by atoms with E-state index in [1.165, 1.54) is 6.08 Å². The number of hydrogen-bond donors (Lipinski definition) is 1. The van der Waals surface area contributed by atoms with Gasteiger partial charge in [0.15, 0.2) is 0 Å². The van der Waals surface area contributed by atoms with Crippen LogP contribution in [0, 0.1) is 18.3 Å². The molecule has 106 valence electrons. The van der Waals surface area contributed by atoms with Crippen LogP contribution in [0.15, 0.2) is 36.0 Å². The number of carbonyl (C=O) groups is 1. The van der Waals surface area contributed by atoms with E-state index in [4.69, 9.17) is 16.9 Å². The van der Waals surface area contributed by atoms with E-state index < -0.39 is 5.91 Å². The number of halogens is 1. The lowest BCUT2D eigenvalue weighted by Crippen LogP contribution is -2.13. The number of nitrogens with zero attached hydrogens (tertiary/aromatic N) is 3. The highest BCUT2D eigenvalue weighted by Crippen LogP contribution is 2.15. The first-order valence-electron chi connectivity index (χ1n) is 6.18. The SMILES string of the molecule is Cc1nn(C)cc1C=C(C#N)C(=O)Nc1ccc(Cl)cc1. The number of benzene rings is 1. The Bertz CT molecular complexity index is 738. The third-order valence-corrected chi connectivity index (χ3v) is 3.07. The lowest BCUT2D eigenvalue weighted by atomic mass is 10.1. The van der Waals surface area contributed by atoms with Gasteiger partial charge in [-0.15, -0.1) is 0 Å². The number of aryl methyl sites for hydroxylation is 2. The van der Waals surface area contributed by atoms with Crippen molar-refractivity contribution in [3.8, 4) is 6.07 Å². The second-order valence-corrected chi connectivity index (χ2v) is 4.91. The molecule has 0 aliphatic carbocycles. The number of nitriles is 1.